The van der Waals surface area contributed by atoms with Crippen molar-refractivity contribution >= 4 is 39.8 Å². The van der Waals surface area contributed by atoms with Crippen molar-refractivity contribution in [2.45, 2.75) is 23.1 Å². The molecule has 0 saturated heterocycles. The van der Waals surface area contributed by atoms with Crippen LogP contribution in [0.4, 0.5) is 10.8 Å². The molecule has 0 fully saturated rings. The third kappa shape index (κ3) is 4.83. The van der Waals surface area contributed by atoms with Crippen molar-refractivity contribution in [1.82, 2.24) is 10.2 Å². The third-order valence-corrected chi connectivity index (χ3v) is 5.85. The first-order valence-electron chi connectivity index (χ1n) is 8.24. The number of rotatable bonds is 7. The summed E-state index contributed by atoms with van der Waals surface area (Å²) in [6.45, 7) is 2.59. The number of aromatic nitrogens is 2. The number of para-hydroxylation sites is 1. The predicted molar refractivity (Wildman–Crippen MR) is 109 cm³/mol. The van der Waals surface area contributed by atoms with Crippen LogP contribution in [-0.2, 0) is 11.3 Å². The number of carbonyl (C=O) groups is 1. The van der Waals surface area contributed by atoms with Gasteiger partial charge in [-0.15, -0.1) is 10.2 Å². The first kappa shape index (κ1) is 18.4. The highest BCUT2D eigenvalue weighted by Crippen LogP contribution is 2.30. The second-order valence-electron chi connectivity index (χ2n) is 5.71. The van der Waals surface area contributed by atoms with E-state index >= 15 is 0 Å². The number of anilines is 2. The molecule has 26 heavy (non-hydrogen) atoms. The van der Waals surface area contributed by atoms with Crippen LogP contribution in [0.25, 0.3) is 0 Å². The molecule has 0 bridgehead atoms. The van der Waals surface area contributed by atoms with Gasteiger partial charge in [0.25, 0.3) is 0 Å². The van der Waals surface area contributed by atoms with Gasteiger partial charge in [0.15, 0.2) is 4.34 Å². The summed E-state index contributed by atoms with van der Waals surface area (Å²) in [6, 6.07) is 19.8. The Hall–Kier alpha value is -2.38. The number of thioether (sulfide) groups is 1. The van der Waals surface area contributed by atoms with Crippen LogP contribution < -0.4 is 10.2 Å². The molecule has 134 valence electrons. The lowest BCUT2D eigenvalue weighted by molar-refractivity contribution is -0.117. The van der Waals surface area contributed by atoms with Crippen LogP contribution in [0.15, 0.2) is 65.0 Å². The first-order valence-corrected chi connectivity index (χ1v) is 9.93. The Bertz CT molecular complexity index is 839. The second kappa shape index (κ2) is 8.82. The zero-order valence-electron chi connectivity index (χ0n) is 14.6. The fourth-order valence-corrected chi connectivity index (χ4v) is 4.34. The van der Waals surface area contributed by atoms with Gasteiger partial charge in [0.05, 0.1) is 5.25 Å². The Kier molecular flexibility index (Phi) is 6.25. The number of hydrogen-bond acceptors (Lipinski definition) is 6. The van der Waals surface area contributed by atoms with E-state index in [1.807, 2.05) is 55.5 Å². The molecule has 0 aliphatic heterocycles. The molecule has 2 aromatic carbocycles. The van der Waals surface area contributed by atoms with Gasteiger partial charge in [-0.2, -0.15) is 0 Å². The number of nitrogens with zero attached hydrogens (tertiary/aromatic N) is 3. The molecular formula is C19H20N4OS2. The molecule has 3 aromatic rings. The Morgan fingerprint density at radius 1 is 1.12 bits per heavy atom. The van der Waals surface area contributed by atoms with Crippen LogP contribution >= 0.6 is 23.1 Å². The highest BCUT2D eigenvalue weighted by Gasteiger charge is 2.21. The number of hydrogen-bond donors (Lipinski definition) is 1. The van der Waals surface area contributed by atoms with Crippen molar-refractivity contribution in [1.29, 1.82) is 0 Å². The molecule has 1 amide bonds. The van der Waals surface area contributed by atoms with E-state index in [2.05, 4.69) is 27.6 Å². The molecule has 1 atom stereocenters. The van der Waals surface area contributed by atoms with Crippen molar-refractivity contribution in [3.63, 3.8) is 0 Å². The van der Waals surface area contributed by atoms with Crippen LogP contribution in [0, 0.1) is 0 Å². The summed E-state index contributed by atoms with van der Waals surface area (Å²) in [5, 5.41) is 12.1. The molecule has 0 saturated carbocycles. The number of nitrogens with one attached hydrogen (secondary N) is 1. The lowest BCUT2D eigenvalue weighted by Crippen LogP contribution is -2.33. The summed E-state index contributed by atoms with van der Waals surface area (Å²) in [6.07, 6.45) is 0. The molecule has 7 heteroatoms. The predicted octanol–water partition coefficient (Wildman–Crippen LogP) is 4.29. The van der Waals surface area contributed by atoms with E-state index < -0.39 is 0 Å². The quantitative estimate of drug-likeness (QED) is 0.616. The minimum absolute atomic E-state index is 0.0372. The van der Waals surface area contributed by atoms with Crippen molar-refractivity contribution in [3.8, 4) is 0 Å². The van der Waals surface area contributed by atoms with E-state index in [1.165, 1.54) is 28.7 Å². The molecule has 3 rings (SSSR count). The van der Waals surface area contributed by atoms with Crippen LogP contribution in [0.2, 0.25) is 0 Å². The lowest BCUT2D eigenvalue weighted by Gasteiger charge is -2.20. The number of carbonyl (C=O) groups excluding carboxylic acids is 1. The van der Waals surface area contributed by atoms with Crippen LogP contribution in [0.1, 0.15) is 12.5 Å². The summed E-state index contributed by atoms with van der Waals surface area (Å²) < 4.78 is 0.780. The van der Waals surface area contributed by atoms with E-state index in [-0.39, 0.29) is 11.2 Å². The maximum atomic E-state index is 12.6. The van der Waals surface area contributed by atoms with Gasteiger partial charge in [-0.25, -0.2) is 0 Å². The van der Waals surface area contributed by atoms with Gasteiger partial charge in [-0.3, -0.25) is 4.79 Å². The van der Waals surface area contributed by atoms with Gasteiger partial charge >= 0.3 is 0 Å². The van der Waals surface area contributed by atoms with Gasteiger partial charge in [0, 0.05) is 19.3 Å². The topological polar surface area (TPSA) is 58.1 Å². The molecule has 0 radical (unpaired) electrons. The fourth-order valence-electron chi connectivity index (χ4n) is 2.36. The standard InChI is InChI=1S/C19H20N4OS2/c1-14(17(24)23(2)16-11-7-4-8-12-16)25-19-22-21-18(26-19)20-13-15-9-5-3-6-10-15/h3-12,14H,13H2,1-2H3,(H,20,21)/t14-/m0/s1. The molecule has 0 spiro atoms. The van der Waals surface area contributed by atoms with Crippen molar-refractivity contribution in [3.05, 3.63) is 66.2 Å². The van der Waals surface area contributed by atoms with Gasteiger partial charge in [-0.05, 0) is 24.6 Å². The normalized spacial score (nSPS) is 11.8. The monoisotopic (exact) mass is 384 g/mol. The summed E-state index contributed by atoms with van der Waals surface area (Å²) >= 11 is 2.90. The Morgan fingerprint density at radius 3 is 2.46 bits per heavy atom. The Labute approximate surface area is 161 Å². The van der Waals surface area contributed by atoms with Crippen molar-refractivity contribution < 1.29 is 4.79 Å². The Balaban J connectivity index is 1.55. The summed E-state index contributed by atoms with van der Waals surface area (Å²) in [7, 11) is 1.79. The molecule has 0 aliphatic rings. The summed E-state index contributed by atoms with van der Waals surface area (Å²) in [5.74, 6) is 0.0372. The molecule has 0 unspecified atom stereocenters. The van der Waals surface area contributed by atoms with Crippen LogP contribution in [0.5, 0.6) is 0 Å². The maximum Gasteiger partial charge on any atom is 0.240 e. The number of amides is 1. The third-order valence-electron chi connectivity index (χ3n) is 3.79. The zero-order valence-corrected chi connectivity index (χ0v) is 16.3. The average Bonchev–Trinajstić information content (AvgIpc) is 3.14. The molecule has 1 heterocycles. The lowest BCUT2D eigenvalue weighted by atomic mass is 10.2. The van der Waals surface area contributed by atoms with Gasteiger partial charge < -0.3 is 10.2 Å². The molecular weight excluding hydrogens is 364 g/mol. The second-order valence-corrected chi connectivity index (χ2v) is 8.27. The van der Waals surface area contributed by atoms with E-state index in [9.17, 15) is 4.79 Å². The molecule has 1 N–H and O–H groups in total. The van der Waals surface area contributed by atoms with E-state index in [1.54, 1.807) is 11.9 Å². The average molecular weight is 385 g/mol. The highest BCUT2D eigenvalue weighted by atomic mass is 32.2. The minimum atomic E-state index is -0.241. The molecule has 1 aromatic heterocycles. The summed E-state index contributed by atoms with van der Waals surface area (Å²) in [5.41, 5.74) is 2.07. The van der Waals surface area contributed by atoms with Crippen LogP contribution in [-0.4, -0.2) is 28.4 Å². The minimum Gasteiger partial charge on any atom is -0.356 e. The largest absolute Gasteiger partial charge is 0.356 e. The zero-order chi connectivity index (χ0) is 18.4. The number of benzene rings is 2. The van der Waals surface area contributed by atoms with Gasteiger partial charge in [-0.1, -0.05) is 71.6 Å². The van der Waals surface area contributed by atoms with E-state index in [0.717, 1.165) is 15.2 Å². The van der Waals surface area contributed by atoms with Gasteiger partial charge in [0.1, 0.15) is 0 Å². The Morgan fingerprint density at radius 2 is 1.77 bits per heavy atom. The SMILES string of the molecule is C[C@H](Sc1nnc(NCc2ccccc2)s1)C(=O)N(C)c1ccccc1. The van der Waals surface area contributed by atoms with Gasteiger partial charge in [0.2, 0.25) is 11.0 Å². The van der Waals surface area contributed by atoms with Crippen molar-refractivity contribution in [2.24, 2.45) is 0 Å². The molecule has 5 nitrogen and oxygen atoms in total. The first-order chi connectivity index (χ1) is 12.6. The maximum absolute atomic E-state index is 12.6. The highest BCUT2D eigenvalue weighted by molar-refractivity contribution is 8.02. The summed E-state index contributed by atoms with van der Waals surface area (Å²) in [4.78, 5) is 14.3. The van der Waals surface area contributed by atoms with E-state index in [4.69, 9.17) is 0 Å². The van der Waals surface area contributed by atoms with Crippen LogP contribution in [0.3, 0.4) is 0 Å². The van der Waals surface area contributed by atoms with E-state index in [0.29, 0.717) is 6.54 Å². The smallest absolute Gasteiger partial charge is 0.240 e. The fraction of sp³-hybridized carbons (Fsp3) is 0.211. The van der Waals surface area contributed by atoms with Crippen molar-refractivity contribution in [2.75, 3.05) is 17.3 Å². The molecule has 0 aliphatic carbocycles.